The molecule has 1 aromatic rings. The summed E-state index contributed by atoms with van der Waals surface area (Å²) >= 11 is 7.71. The molecule has 0 fully saturated rings. The van der Waals surface area contributed by atoms with Gasteiger partial charge in [-0.1, -0.05) is 17.5 Å². The molecule has 0 aliphatic carbocycles. The first kappa shape index (κ1) is 10.5. The van der Waals surface area contributed by atoms with E-state index in [-0.39, 0.29) is 0 Å². The zero-order valence-electron chi connectivity index (χ0n) is 6.32. The molecule has 0 bridgehead atoms. The Morgan fingerprint density at radius 3 is 2.23 bits per heavy atom. The highest BCUT2D eigenvalue weighted by atomic mass is 79.9. The Morgan fingerprint density at radius 2 is 1.77 bits per heavy atom. The predicted molar refractivity (Wildman–Crippen MR) is 52.2 cm³/mol. The van der Waals surface area contributed by atoms with Crippen molar-refractivity contribution >= 4 is 27.5 Å². The van der Waals surface area contributed by atoms with Gasteiger partial charge in [-0.2, -0.15) is 8.78 Å². The smallest absolute Gasteiger partial charge is 0.180 e. The molecule has 68 valence electrons. The molecule has 0 saturated heterocycles. The van der Waals surface area contributed by atoms with E-state index in [1.54, 1.807) is 30.2 Å². The number of benzene rings is 1. The Bertz CT molecular complexity index is 343. The van der Waals surface area contributed by atoms with Crippen molar-refractivity contribution in [3.8, 4) is 11.8 Å². The third-order valence-electron chi connectivity index (χ3n) is 1.19. The zero-order chi connectivity index (χ0) is 9.90. The predicted octanol–water partition coefficient (Wildman–Crippen LogP) is 3.68. The number of alkyl halides is 3. The maximum absolute atomic E-state index is 12.2. The van der Waals surface area contributed by atoms with E-state index < -0.39 is 4.83 Å². The van der Waals surface area contributed by atoms with Crippen LogP contribution in [0.3, 0.4) is 0 Å². The van der Waals surface area contributed by atoms with Gasteiger partial charge in [0.25, 0.3) is 0 Å². The molecule has 0 aliphatic heterocycles. The summed E-state index contributed by atoms with van der Waals surface area (Å²) in [5.74, 6) is 4.05. The fourth-order valence-corrected chi connectivity index (χ4v) is 0.901. The average Bonchev–Trinajstić information content (AvgIpc) is 2.02. The summed E-state index contributed by atoms with van der Waals surface area (Å²) in [7, 11) is 0. The first-order valence-electron chi connectivity index (χ1n) is 3.33. The van der Waals surface area contributed by atoms with Gasteiger partial charge >= 0.3 is 4.83 Å². The molecule has 1 rings (SSSR count). The summed E-state index contributed by atoms with van der Waals surface area (Å²) < 4.78 is 24.4. The van der Waals surface area contributed by atoms with Gasteiger partial charge in [-0.15, -0.1) is 0 Å². The van der Waals surface area contributed by atoms with E-state index in [2.05, 4.69) is 21.9 Å². The molecule has 0 nitrogen and oxygen atoms in total. The molecule has 0 saturated carbocycles. The lowest BCUT2D eigenvalue weighted by Crippen LogP contribution is -1.98. The van der Waals surface area contributed by atoms with Crippen LogP contribution in [0.1, 0.15) is 5.56 Å². The maximum atomic E-state index is 12.2. The van der Waals surface area contributed by atoms with Gasteiger partial charge in [0.15, 0.2) is 0 Å². The van der Waals surface area contributed by atoms with E-state index in [4.69, 9.17) is 11.6 Å². The maximum Gasteiger partial charge on any atom is 0.363 e. The van der Waals surface area contributed by atoms with Gasteiger partial charge in [0.2, 0.25) is 0 Å². The van der Waals surface area contributed by atoms with E-state index in [0.717, 1.165) is 0 Å². The Kier molecular flexibility index (Phi) is 3.29. The normalized spacial score (nSPS) is 10.5. The SMILES string of the molecule is FC(F)(Br)C#Cc1ccc(Cl)cc1. The Morgan fingerprint density at radius 1 is 1.23 bits per heavy atom. The Balaban J connectivity index is 2.85. The van der Waals surface area contributed by atoms with Gasteiger partial charge in [0.1, 0.15) is 0 Å². The average molecular weight is 265 g/mol. The van der Waals surface area contributed by atoms with Gasteiger partial charge in [0, 0.05) is 26.5 Å². The summed E-state index contributed by atoms with van der Waals surface area (Å²) in [6.07, 6.45) is 0. The van der Waals surface area contributed by atoms with Crippen LogP contribution >= 0.6 is 27.5 Å². The number of rotatable bonds is 0. The van der Waals surface area contributed by atoms with Crippen LogP contribution in [0.15, 0.2) is 24.3 Å². The van der Waals surface area contributed by atoms with Crippen LogP contribution in [0.25, 0.3) is 0 Å². The molecule has 1 aromatic carbocycles. The largest absolute Gasteiger partial charge is 0.363 e. The Labute approximate surface area is 88.0 Å². The third-order valence-corrected chi connectivity index (χ3v) is 1.64. The third kappa shape index (κ3) is 4.25. The van der Waals surface area contributed by atoms with Crippen molar-refractivity contribution in [3.63, 3.8) is 0 Å². The Hall–Kier alpha value is -0.590. The van der Waals surface area contributed by atoms with E-state index >= 15 is 0 Å². The van der Waals surface area contributed by atoms with E-state index in [1.165, 1.54) is 0 Å². The standard InChI is InChI=1S/C9H4BrClF2/c10-9(12,13)6-5-7-1-3-8(11)4-2-7/h1-4H. The van der Waals surface area contributed by atoms with Gasteiger partial charge in [-0.25, -0.2) is 0 Å². The van der Waals surface area contributed by atoms with Crippen molar-refractivity contribution < 1.29 is 8.78 Å². The lowest BCUT2D eigenvalue weighted by Gasteiger charge is -1.95. The fourth-order valence-electron chi connectivity index (χ4n) is 0.676. The summed E-state index contributed by atoms with van der Waals surface area (Å²) in [5, 5.41) is 0.552. The second-order valence-electron chi connectivity index (χ2n) is 2.25. The molecule has 0 atom stereocenters. The zero-order valence-corrected chi connectivity index (χ0v) is 8.66. The van der Waals surface area contributed by atoms with Crippen LogP contribution in [-0.4, -0.2) is 4.83 Å². The van der Waals surface area contributed by atoms with Crippen molar-refractivity contribution in [2.75, 3.05) is 0 Å². The molecule has 0 N–H and O–H groups in total. The molecule has 0 amide bonds. The molecule has 0 unspecified atom stereocenters. The molecule has 0 aliphatic rings. The van der Waals surface area contributed by atoms with Crippen molar-refractivity contribution in [3.05, 3.63) is 34.9 Å². The van der Waals surface area contributed by atoms with Gasteiger partial charge in [0.05, 0.1) is 0 Å². The molecule has 0 spiro atoms. The minimum atomic E-state index is -3.13. The molecule has 0 radical (unpaired) electrons. The number of halogens is 4. The van der Waals surface area contributed by atoms with Crippen LogP contribution in [0.4, 0.5) is 8.78 Å². The van der Waals surface area contributed by atoms with Crippen molar-refractivity contribution in [2.24, 2.45) is 0 Å². The summed E-state index contributed by atoms with van der Waals surface area (Å²) in [6, 6.07) is 6.35. The highest BCUT2D eigenvalue weighted by Gasteiger charge is 2.18. The molecule has 0 aromatic heterocycles. The second kappa shape index (κ2) is 4.08. The van der Waals surface area contributed by atoms with Crippen molar-refractivity contribution in [1.82, 2.24) is 0 Å². The van der Waals surface area contributed by atoms with Crippen LogP contribution < -0.4 is 0 Å². The first-order chi connectivity index (χ1) is 5.97. The number of hydrogen-bond donors (Lipinski definition) is 0. The summed E-state index contributed by atoms with van der Waals surface area (Å²) in [5.41, 5.74) is 0.503. The molecule has 13 heavy (non-hydrogen) atoms. The van der Waals surface area contributed by atoms with Gasteiger partial charge in [-0.05, 0) is 30.2 Å². The van der Waals surface area contributed by atoms with Crippen LogP contribution in [-0.2, 0) is 0 Å². The van der Waals surface area contributed by atoms with Crippen LogP contribution in [0.2, 0.25) is 5.02 Å². The van der Waals surface area contributed by atoms with E-state index in [9.17, 15) is 8.78 Å². The molecule has 0 heterocycles. The second-order valence-corrected chi connectivity index (χ2v) is 3.69. The van der Waals surface area contributed by atoms with Gasteiger partial charge < -0.3 is 0 Å². The summed E-state index contributed by atoms with van der Waals surface area (Å²) in [4.78, 5) is -3.13. The van der Waals surface area contributed by atoms with E-state index in [0.29, 0.717) is 10.6 Å². The van der Waals surface area contributed by atoms with E-state index in [1.807, 2.05) is 0 Å². The number of hydrogen-bond acceptors (Lipinski definition) is 0. The molecular weight excluding hydrogens is 261 g/mol. The summed E-state index contributed by atoms with van der Waals surface area (Å²) in [6.45, 7) is 0. The van der Waals surface area contributed by atoms with Crippen LogP contribution in [0.5, 0.6) is 0 Å². The lowest BCUT2D eigenvalue weighted by atomic mass is 10.2. The first-order valence-corrected chi connectivity index (χ1v) is 4.50. The fraction of sp³-hybridized carbons (Fsp3) is 0.111. The lowest BCUT2D eigenvalue weighted by molar-refractivity contribution is 0.182. The van der Waals surface area contributed by atoms with Crippen molar-refractivity contribution in [1.29, 1.82) is 0 Å². The van der Waals surface area contributed by atoms with Crippen molar-refractivity contribution in [2.45, 2.75) is 4.83 Å². The topological polar surface area (TPSA) is 0 Å². The quantitative estimate of drug-likeness (QED) is 0.496. The molecular formula is C9H4BrClF2. The highest BCUT2D eigenvalue weighted by Crippen LogP contribution is 2.19. The molecule has 4 heteroatoms. The monoisotopic (exact) mass is 264 g/mol. The highest BCUT2D eigenvalue weighted by molar-refractivity contribution is 9.10. The van der Waals surface area contributed by atoms with Crippen LogP contribution in [0, 0.1) is 11.8 Å². The minimum Gasteiger partial charge on any atom is -0.180 e. The van der Waals surface area contributed by atoms with Gasteiger partial charge in [-0.3, -0.25) is 0 Å². The minimum absolute atomic E-state index is 0.503.